The first-order valence-corrected chi connectivity index (χ1v) is 6.48. The molecule has 5 nitrogen and oxygen atoms in total. The maximum atomic E-state index is 6.27. The second-order valence-corrected chi connectivity index (χ2v) is 4.65. The first kappa shape index (κ1) is 14.1. The largest absolute Gasteiger partial charge is 0.469 e. The Morgan fingerprint density at radius 3 is 2.95 bits per heavy atom. The highest BCUT2D eigenvalue weighted by Crippen LogP contribution is 2.30. The molecule has 2 rings (SSSR count). The highest BCUT2D eigenvalue weighted by atomic mass is 35.5. The monoisotopic (exact) mass is 283 g/mol. The Balaban J connectivity index is 2.38. The number of nitrogens with one attached hydrogen (secondary N) is 1. The Hall–Kier alpha value is -1.30. The van der Waals surface area contributed by atoms with E-state index in [-0.39, 0.29) is 6.04 Å². The summed E-state index contributed by atoms with van der Waals surface area (Å²) in [4.78, 5) is 0. The third-order valence-corrected chi connectivity index (χ3v) is 3.40. The molecule has 1 atom stereocenters. The number of methoxy groups -OCH3 is 1. The SMILES string of the molecule is CNC(c1ccoc1C)c1c(Cl)cnn1CCOC. The van der Waals surface area contributed by atoms with E-state index in [1.165, 1.54) is 0 Å². The molecule has 0 radical (unpaired) electrons. The van der Waals surface area contributed by atoms with Gasteiger partial charge in [0.1, 0.15) is 5.76 Å². The summed E-state index contributed by atoms with van der Waals surface area (Å²) in [6, 6.07) is 1.89. The average molecular weight is 284 g/mol. The van der Waals surface area contributed by atoms with Gasteiger partial charge in [0.25, 0.3) is 0 Å². The van der Waals surface area contributed by atoms with Crippen LogP contribution in [-0.4, -0.2) is 30.5 Å². The molecule has 104 valence electrons. The fraction of sp³-hybridized carbons (Fsp3) is 0.462. The minimum Gasteiger partial charge on any atom is -0.469 e. The molecule has 2 aromatic rings. The first-order valence-electron chi connectivity index (χ1n) is 6.10. The number of furan rings is 1. The van der Waals surface area contributed by atoms with Gasteiger partial charge in [-0.15, -0.1) is 0 Å². The Labute approximate surface area is 117 Å². The third kappa shape index (κ3) is 2.83. The van der Waals surface area contributed by atoms with Crippen molar-refractivity contribution in [1.29, 1.82) is 0 Å². The molecule has 19 heavy (non-hydrogen) atoms. The molecule has 1 unspecified atom stereocenters. The van der Waals surface area contributed by atoms with Gasteiger partial charge in [0, 0.05) is 12.7 Å². The summed E-state index contributed by atoms with van der Waals surface area (Å²) >= 11 is 6.27. The number of ether oxygens (including phenoxy) is 1. The van der Waals surface area contributed by atoms with Crippen molar-refractivity contribution in [2.45, 2.75) is 19.5 Å². The number of nitrogens with zero attached hydrogens (tertiary/aromatic N) is 2. The van der Waals surface area contributed by atoms with Crippen LogP contribution in [0.5, 0.6) is 0 Å². The van der Waals surface area contributed by atoms with Crippen LogP contribution in [-0.2, 0) is 11.3 Å². The van der Waals surface area contributed by atoms with Gasteiger partial charge in [0.2, 0.25) is 0 Å². The predicted octanol–water partition coefficient (Wildman–Crippen LogP) is 2.39. The highest BCUT2D eigenvalue weighted by Gasteiger charge is 2.23. The predicted molar refractivity (Wildman–Crippen MR) is 73.5 cm³/mol. The Bertz CT molecular complexity index is 536. The highest BCUT2D eigenvalue weighted by molar-refractivity contribution is 6.31. The number of aryl methyl sites for hydroxylation is 1. The van der Waals surface area contributed by atoms with E-state index < -0.39 is 0 Å². The number of rotatable bonds is 6. The van der Waals surface area contributed by atoms with E-state index in [0.717, 1.165) is 17.0 Å². The number of hydrogen-bond acceptors (Lipinski definition) is 4. The van der Waals surface area contributed by atoms with Crippen LogP contribution in [0.2, 0.25) is 5.02 Å². The van der Waals surface area contributed by atoms with E-state index in [1.807, 2.05) is 24.7 Å². The van der Waals surface area contributed by atoms with Gasteiger partial charge in [-0.25, -0.2) is 0 Å². The lowest BCUT2D eigenvalue weighted by atomic mass is 10.0. The van der Waals surface area contributed by atoms with Gasteiger partial charge in [-0.1, -0.05) is 11.6 Å². The molecule has 0 amide bonds. The zero-order valence-electron chi connectivity index (χ0n) is 11.3. The molecule has 0 aliphatic carbocycles. The van der Waals surface area contributed by atoms with E-state index in [4.69, 9.17) is 20.8 Å². The Morgan fingerprint density at radius 1 is 1.58 bits per heavy atom. The maximum absolute atomic E-state index is 6.27. The molecule has 2 aromatic heterocycles. The van der Waals surface area contributed by atoms with E-state index in [1.54, 1.807) is 19.6 Å². The smallest absolute Gasteiger partial charge is 0.105 e. The molecule has 2 heterocycles. The molecule has 0 saturated carbocycles. The van der Waals surface area contributed by atoms with Gasteiger partial charge >= 0.3 is 0 Å². The zero-order valence-corrected chi connectivity index (χ0v) is 12.1. The zero-order chi connectivity index (χ0) is 13.8. The summed E-state index contributed by atoms with van der Waals surface area (Å²) in [5.74, 6) is 0.870. The molecular weight excluding hydrogens is 266 g/mol. The van der Waals surface area contributed by atoms with Crippen LogP contribution in [0.3, 0.4) is 0 Å². The second-order valence-electron chi connectivity index (χ2n) is 4.25. The Kier molecular flexibility index (Phi) is 4.63. The molecule has 0 aliphatic heterocycles. The van der Waals surface area contributed by atoms with Crippen molar-refractivity contribution in [2.75, 3.05) is 20.8 Å². The van der Waals surface area contributed by atoms with Crippen molar-refractivity contribution in [3.63, 3.8) is 0 Å². The minimum absolute atomic E-state index is 0.0504. The molecule has 0 aliphatic rings. The van der Waals surface area contributed by atoms with Crippen LogP contribution in [0.1, 0.15) is 23.1 Å². The van der Waals surface area contributed by atoms with Gasteiger partial charge < -0.3 is 14.5 Å². The normalized spacial score (nSPS) is 12.8. The van der Waals surface area contributed by atoms with Crippen LogP contribution < -0.4 is 5.32 Å². The lowest BCUT2D eigenvalue weighted by Gasteiger charge is -2.18. The fourth-order valence-corrected chi connectivity index (χ4v) is 2.40. The molecule has 0 bridgehead atoms. The summed E-state index contributed by atoms with van der Waals surface area (Å²) in [5.41, 5.74) is 1.98. The lowest BCUT2D eigenvalue weighted by Crippen LogP contribution is -2.23. The van der Waals surface area contributed by atoms with Crippen LogP contribution in [0, 0.1) is 6.92 Å². The molecule has 0 fully saturated rings. The minimum atomic E-state index is -0.0504. The molecule has 0 spiro atoms. The maximum Gasteiger partial charge on any atom is 0.105 e. The van der Waals surface area contributed by atoms with Crippen molar-refractivity contribution >= 4 is 11.6 Å². The lowest BCUT2D eigenvalue weighted by molar-refractivity contribution is 0.182. The number of hydrogen-bond donors (Lipinski definition) is 1. The Morgan fingerprint density at radius 2 is 2.37 bits per heavy atom. The summed E-state index contributed by atoms with van der Waals surface area (Å²) in [7, 11) is 3.56. The molecule has 6 heteroatoms. The van der Waals surface area contributed by atoms with Gasteiger partial charge in [0.05, 0.1) is 42.4 Å². The third-order valence-electron chi connectivity index (χ3n) is 3.11. The van der Waals surface area contributed by atoms with Gasteiger partial charge in [0.15, 0.2) is 0 Å². The first-order chi connectivity index (χ1) is 9.19. The standard InChI is InChI=1S/C13H18ClN3O2/c1-9-10(4-6-19-9)12(15-2)13-11(14)8-16-17(13)5-7-18-3/h4,6,8,12,15H,5,7H2,1-3H3. The van der Waals surface area contributed by atoms with Crippen LogP contribution >= 0.6 is 11.6 Å². The quantitative estimate of drug-likeness (QED) is 0.884. The van der Waals surface area contributed by atoms with Crippen molar-refractivity contribution in [3.05, 3.63) is 40.6 Å². The molecular formula is C13H18ClN3O2. The van der Waals surface area contributed by atoms with Crippen molar-refractivity contribution < 1.29 is 9.15 Å². The second kappa shape index (κ2) is 6.23. The van der Waals surface area contributed by atoms with E-state index in [0.29, 0.717) is 18.2 Å². The summed E-state index contributed by atoms with van der Waals surface area (Å²) < 4.78 is 12.3. The summed E-state index contributed by atoms with van der Waals surface area (Å²) in [6.07, 6.45) is 3.34. The molecule has 0 aromatic carbocycles. The van der Waals surface area contributed by atoms with Gasteiger partial charge in [-0.2, -0.15) is 5.10 Å². The van der Waals surface area contributed by atoms with E-state index in [9.17, 15) is 0 Å². The van der Waals surface area contributed by atoms with Crippen LogP contribution in [0.15, 0.2) is 22.9 Å². The van der Waals surface area contributed by atoms with Crippen molar-refractivity contribution in [2.24, 2.45) is 0 Å². The van der Waals surface area contributed by atoms with E-state index in [2.05, 4.69) is 10.4 Å². The number of aromatic nitrogens is 2. The molecule has 1 N–H and O–H groups in total. The van der Waals surface area contributed by atoms with Crippen molar-refractivity contribution in [1.82, 2.24) is 15.1 Å². The topological polar surface area (TPSA) is 52.2 Å². The van der Waals surface area contributed by atoms with Crippen LogP contribution in [0.25, 0.3) is 0 Å². The fourth-order valence-electron chi connectivity index (χ4n) is 2.15. The van der Waals surface area contributed by atoms with Crippen molar-refractivity contribution in [3.8, 4) is 0 Å². The van der Waals surface area contributed by atoms with E-state index >= 15 is 0 Å². The summed E-state index contributed by atoms with van der Waals surface area (Å²) in [5, 5.41) is 8.19. The average Bonchev–Trinajstić information content (AvgIpc) is 2.97. The molecule has 0 saturated heterocycles. The van der Waals surface area contributed by atoms with Crippen LogP contribution in [0.4, 0.5) is 0 Å². The number of halogens is 1. The van der Waals surface area contributed by atoms with Gasteiger partial charge in [-0.05, 0) is 20.0 Å². The van der Waals surface area contributed by atoms with Gasteiger partial charge in [-0.3, -0.25) is 4.68 Å². The summed E-state index contributed by atoms with van der Waals surface area (Å²) in [6.45, 7) is 3.18.